The highest BCUT2D eigenvalue weighted by molar-refractivity contribution is 4.96. The van der Waals surface area contributed by atoms with Crippen LogP contribution in [-0.2, 0) is 16.0 Å². The molecule has 1 rings (SSSR count). The summed E-state index contributed by atoms with van der Waals surface area (Å²) >= 11 is 0. The highest BCUT2D eigenvalue weighted by Gasteiger charge is 2.08. The lowest BCUT2D eigenvalue weighted by Gasteiger charge is -2.17. The molecule has 1 aromatic rings. The summed E-state index contributed by atoms with van der Waals surface area (Å²) in [6, 6.07) is 2.00. The van der Waals surface area contributed by atoms with Gasteiger partial charge in [0.1, 0.15) is 0 Å². The van der Waals surface area contributed by atoms with E-state index in [1.165, 1.54) is 5.69 Å². The van der Waals surface area contributed by atoms with Crippen LogP contribution in [0, 0.1) is 6.92 Å². The number of hydrogen-bond acceptors (Lipinski definition) is 3. The van der Waals surface area contributed by atoms with Crippen LogP contribution < -0.4 is 0 Å². The number of ether oxygens (including phenoxy) is 2. The Morgan fingerprint density at radius 3 is 2.47 bits per heavy atom. The molecule has 1 aromatic heterocycles. The third-order valence-corrected chi connectivity index (χ3v) is 2.21. The highest BCUT2D eigenvalue weighted by atomic mass is 16.7. The zero-order chi connectivity index (χ0) is 11.1. The van der Waals surface area contributed by atoms with Crippen molar-refractivity contribution < 1.29 is 9.47 Å². The van der Waals surface area contributed by atoms with Gasteiger partial charge in [0.2, 0.25) is 0 Å². The van der Waals surface area contributed by atoms with Gasteiger partial charge in [0.05, 0.1) is 0 Å². The minimum Gasteiger partial charge on any atom is -0.353 e. The Labute approximate surface area is 91.2 Å². The SMILES string of the molecule is CCOC(CCn1nccc1C)OCC. The molecule has 0 spiro atoms. The summed E-state index contributed by atoms with van der Waals surface area (Å²) in [4.78, 5) is 0. The van der Waals surface area contributed by atoms with Crippen molar-refractivity contribution >= 4 is 0 Å². The van der Waals surface area contributed by atoms with Crippen molar-refractivity contribution in [1.29, 1.82) is 0 Å². The van der Waals surface area contributed by atoms with E-state index in [0.29, 0.717) is 13.2 Å². The fourth-order valence-corrected chi connectivity index (χ4v) is 1.45. The van der Waals surface area contributed by atoms with Crippen molar-refractivity contribution in [2.24, 2.45) is 0 Å². The summed E-state index contributed by atoms with van der Waals surface area (Å²) in [7, 11) is 0. The van der Waals surface area contributed by atoms with E-state index in [1.54, 1.807) is 0 Å². The molecular formula is C11H20N2O2. The second-order valence-electron chi connectivity index (χ2n) is 3.32. The maximum atomic E-state index is 5.46. The van der Waals surface area contributed by atoms with E-state index in [0.717, 1.165) is 13.0 Å². The van der Waals surface area contributed by atoms with Crippen LogP contribution in [0.2, 0.25) is 0 Å². The van der Waals surface area contributed by atoms with Gasteiger partial charge in [-0.2, -0.15) is 5.10 Å². The van der Waals surface area contributed by atoms with Crippen LogP contribution in [0.3, 0.4) is 0 Å². The van der Waals surface area contributed by atoms with Gasteiger partial charge in [0.15, 0.2) is 6.29 Å². The first-order valence-corrected chi connectivity index (χ1v) is 5.49. The van der Waals surface area contributed by atoms with Gasteiger partial charge >= 0.3 is 0 Å². The molecule has 0 atom stereocenters. The Balaban J connectivity index is 2.36. The van der Waals surface area contributed by atoms with Crippen molar-refractivity contribution in [3.05, 3.63) is 18.0 Å². The zero-order valence-electron chi connectivity index (χ0n) is 9.77. The first kappa shape index (κ1) is 12.2. The molecule has 0 amide bonds. The zero-order valence-corrected chi connectivity index (χ0v) is 9.77. The van der Waals surface area contributed by atoms with Crippen molar-refractivity contribution in [3.8, 4) is 0 Å². The molecule has 4 heteroatoms. The first-order chi connectivity index (χ1) is 7.27. The predicted octanol–water partition coefficient (Wildman–Crippen LogP) is 1.98. The molecule has 0 bridgehead atoms. The molecule has 0 aliphatic rings. The quantitative estimate of drug-likeness (QED) is 0.648. The topological polar surface area (TPSA) is 36.3 Å². The molecule has 0 unspecified atom stereocenters. The third kappa shape index (κ3) is 4.01. The Bertz CT molecular complexity index is 267. The van der Waals surface area contributed by atoms with Crippen LogP contribution in [0.4, 0.5) is 0 Å². The second kappa shape index (κ2) is 6.58. The first-order valence-electron chi connectivity index (χ1n) is 5.49. The average Bonchev–Trinajstić information content (AvgIpc) is 2.61. The van der Waals surface area contributed by atoms with Crippen LogP contribution in [0.15, 0.2) is 12.3 Å². The summed E-state index contributed by atoms with van der Waals surface area (Å²) < 4.78 is 12.9. The van der Waals surface area contributed by atoms with E-state index in [1.807, 2.05) is 37.7 Å². The van der Waals surface area contributed by atoms with Crippen LogP contribution in [0.25, 0.3) is 0 Å². The highest BCUT2D eigenvalue weighted by Crippen LogP contribution is 2.05. The Morgan fingerprint density at radius 1 is 1.33 bits per heavy atom. The largest absolute Gasteiger partial charge is 0.353 e. The number of aromatic nitrogens is 2. The van der Waals surface area contributed by atoms with Crippen LogP contribution in [0.1, 0.15) is 26.0 Å². The Hall–Kier alpha value is -0.870. The van der Waals surface area contributed by atoms with Gasteiger partial charge in [-0.15, -0.1) is 0 Å². The fraction of sp³-hybridized carbons (Fsp3) is 0.727. The number of nitrogens with zero attached hydrogens (tertiary/aromatic N) is 2. The fourth-order valence-electron chi connectivity index (χ4n) is 1.45. The van der Waals surface area contributed by atoms with E-state index >= 15 is 0 Å². The molecule has 0 aliphatic carbocycles. The van der Waals surface area contributed by atoms with E-state index in [4.69, 9.17) is 9.47 Å². The summed E-state index contributed by atoms with van der Waals surface area (Å²) in [5.74, 6) is 0. The third-order valence-electron chi connectivity index (χ3n) is 2.21. The van der Waals surface area contributed by atoms with Gasteiger partial charge in [-0.25, -0.2) is 0 Å². The number of aryl methyl sites for hydroxylation is 2. The van der Waals surface area contributed by atoms with Gasteiger partial charge in [0, 0.05) is 38.1 Å². The standard InChI is InChI=1S/C11H20N2O2/c1-4-14-11(15-5-2)7-9-13-10(3)6-8-12-13/h6,8,11H,4-5,7,9H2,1-3H3. The molecule has 4 nitrogen and oxygen atoms in total. The van der Waals surface area contributed by atoms with Gasteiger partial charge in [-0.05, 0) is 26.8 Å². The molecule has 0 saturated carbocycles. The van der Waals surface area contributed by atoms with Crippen molar-refractivity contribution in [1.82, 2.24) is 9.78 Å². The summed E-state index contributed by atoms with van der Waals surface area (Å²) in [5.41, 5.74) is 1.17. The van der Waals surface area contributed by atoms with Crippen molar-refractivity contribution in [3.63, 3.8) is 0 Å². The molecule has 0 aromatic carbocycles. The maximum absolute atomic E-state index is 5.46. The average molecular weight is 212 g/mol. The van der Waals surface area contributed by atoms with Gasteiger partial charge < -0.3 is 9.47 Å². The van der Waals surface area contributed by atoms with Gasteiger partial charge in [0.25, 0.3) is 0 Å². The monoisotopic (exact) mass is 212 g/mol. The lowest BCUT2D eigenvalue weighted by Crippen LogP contribution is -2.20. The lowest BCUT2D eigenvalue weighted by atomic mass is 10.4. The van der Waals surface area contributed by atoms with Gasteiger partial charge in [-0.3, -0.25) is 4.68 Å². The molecule has 1 heterocycles. The van der Waals surface area contributed by atoms with E-state index in [2.05, 4.69) is 5.10 Å². The molecule has 0 radical (unpaired) electrons. The van der Waals surface area contributed by atoms with E-state index < -0.39 is 0 Å². The smallest absolute Gasteiger partial charge is 0.159 e. The van der Waals surface area contributed by atoms with Crippen LogP contribution in [0.5, 0.6) is 0 Å². The summed E-state index contributed by atoms with van der Waals surface area (Å²) in [6.07, 6.45) is 2.54. The summed E-state index contributed by atoms with van der Waals surface area (Å²) in [6.45, 7) is 8.20. The minimum absolute atomic E-state index is 0.108. The van der Waals surface area contributed by atoms with E-state index in [-0.39, 0.29) is 6.29 Å². The second-order valence-corrected chi connectivity index (χ2v) is 3.32. The molecule has 0 aliphatic heterocycles. The minimum atomic E-state index is -0.108. The predicted molar refractivity (Wildman–Crippen MR) is 58.6 cm³/mol. The van der Waals surface area contributed by atoms with Gasteiger partial charge in [-0.1, -0.05) is 0 Å². The number of hydrogen-bond donors (Lipinski definition) is 0. The lowest BCUT2D eigenvalue weighted by molar-refractivity contribution is -0.141. The molecule has 0 saturated heterocycles. The summed E-state index contributed by atoms with van der Waals surface area (Å²) in [5, 5.41) is 4.21. The number of rotatable bonds is 7. The Kier molecular flexibility index (Phi) is 5.36. The Morgan fingerprint density at radius 2 is 2.00 bits per heavy atom. The van der Waals surface area contributed by atoms with Crippen molar-refractivity contribution in [2.75, 3.05) is 13.2 Å². The van der Waals surface area contributed by atoms with E-state index in [9.17, 15) is 0 Å². The molecule has 0 fully saturated rings. The molecule has 0 N–H and O–H groups in total. The maximum Gasteiger partial charge on any atom is 0.159 e. The molecule has 15 heavy (non-hydrogen) atoms. The van der Waals surface area contributed by atoms with Crippen molar-refractivity contribution in [2.45, 2.75) is 40.0 Å². The normalized spacial score (nSPS) is 11.2. The molecular weight excluding hydrogens is 192 g/mol. The van der Waals surface area contributed by atoms with Crippen LogP contribution in [-0.4, -0.2) is 29.3 Å². The molecule has 86 valence electrons. The van der Waals surface area contributed by atoms with Crippen LogP contribution >= 0.6 is 0 Å².